The van der Waals surface area contributed by atoms with Crippen LogP contribution in [-0.2, 0) is 13.6 Å². The zero-order valence-corrected chi connectivity index (χ0v) is 9.37. The molecule has 0 saturated carbocycles. The Balaban J connectivity index is 2.61. The number of nitrogens with two attached hydrogens (primary N) is 1. The van der Waals surface area contributed by atoms with Crippen LogP contribution in [0.15, 0.2) is 24.3 Å². The quantitative estimate of drug-likeness (QED) is 0.839. The SMILES string of the molecule is Cc1c(CN)nc(-c2ccccc2F)n1C. The molecule has 3 nitrogen and oxygen atoms in total. The Bertz CT molecular complexity index is 517. The van der Waals surface area contributed by atoms with Crippen LogP contribution < -0.4 is 5.73 Å². The molecule has 1 aromatic heterocycles. The van der Waals surface area contributed by atoms with Crippen LogP contribution in [0.2, 0.25) is 0 Å². The van der Waals surface area contributed by atoms with Crippen LogP contribution in [0.3, 0.4) is 0 Å². The van der Waals surface area contributed by atoms with Crippen molar-refractivity contribution in [2.75, 3.05) is 0 Å². The molecule has 1 heterocycles. The third-order valence-electron chi connectivity index (χ3n) is 2.79. The van der Waals surface area contributed by atoms with Crippen LogP contribution in [0.25, 0.3) is 11.4 Å². The molecule has 0 atom stereocenters. The summed E-state index contributed by atoms with van der Waals surface area (Å²) in [4.78, 5) is 4.36. The Morgan fingerprint density at radius 3 is 2.62 bits per heavy atom. The van der Waals surface area contributed by atoms with Gasteiger partial charge in [-0.05, 0) is 19.1 Å². The maximum atomic E-state index is 13.6. The Labute approximate surface area is 93.7 Å². The van der Waals surface area contributed by atoms with Crippen molar-refractivity contribution in [1.29, 1.82) is 0 Å². The molecule has 4 heteroatoms. The van der Waals surface area contributed by atoms with Crippen molar-refractivity contribution in [3.8, 4) is 11.4 Å². The first-order valence-electron chi connectivity index (χ1n) is 5.12. The largest absolute Gasteiger partial charge is 0.331 e. The minimum atomic E-state index is -0.265. The van der Waals surface area contributed by atoms with Gasteiger partial charge in [-0.25, -0.2) is 9.37 Å². The van der Waals surface area contributed by atoms with Gasteiger partial charge >= 0.3 is 0 Å². The minimum Gasteiger partial charge on any atom is -0.331 e. The van der Waals surface area contributed by atoms with Gasteiger partial charge in [0.15, 0.2) is 0 Å². The molecule has 0 saturated heterocycles. The lowest BCUT2D eigenvalue weighted by atomic mass is 10.2. The fourth-order valence-corrected chi connectivity index (χ4v) is 1.71. The summed E-state index contributed by atoms with van der Waals surface area (Å²) in [5, 5.41) is 0. The van der Waals surface area contributed by atoms with Crippen LogP contribution in [0.5, 0.6) is 0 Å². The van der Waals surface area contributed by atoms with Crippen molar-refractivity contribution in [1.82, 2.24) is 9.55 Å². The molecule has 0 unspecified atom stereocenters. The molecule has 0 radical (unpaired) electrons. The molecule has 2 N–H and O–H groups in total. The molecule has 0 aliphatic carbocycles. The summed E-state index contributed by atoms with van der Waals surface area (Å²) >= 11 is 0. The van der Waals surface area contributed by atoms with Gasteiger partial charge < -0.3 is 10.3 Å². The number of benzene rings is 1. The van der Waals surface area contributed by atoms with Gasteiger partial charge in [0, 0.05) is 19.3 Å². The van der Waals surface area contributed by atoms with Gasteiger partial charge in [0.2, 0.25) is 0 Å². The smallest absolute Gasteiger partial charge is 0.143 e. The number of hydrogen-bond donors (Lipinski definition) is 1. The van der Waals surface area contributed by atoms with Gasteiger partial charge in [-0.3, -0.25) is 0 Å². The van der Waals surface area contributed by atoms with E-state index in [0.717, 1.165) is 11.4 Å². The third-order valence-corrected chi connectivity index (χ3v) is 2.79. The predicted octanol–water partition coefficient (Wildman–Crippen LogP) is 1.99. The predicted molar refractivity (Wildman–Crippen MR) is 61.2 cm³/mol. The number of halogens is 1. The second kappa shape index (κ2) is 4.06. The lowest BCUT2D eigenvalue weighted by Gasteiger charge is -2.03. The van der Waals surface area contributed by atoms with Crippen LogP contribution in [0.4, 0.5) is 4.39 Å². The summed E-state index contributed by atoms with van der Waals surface area (Å²) < 4.78 is 15.5. The van der Waals surface area contributed by atoms with E-state index in [0.29, 0.717) is 17.9 Å². The van der Waals surface area contributed by atoms with E-state index in [2.05, 4.69) is 4.98 Å². The van der Waals surface area contributed by atoms with Crippen molar-refractivity contribution in [2.45, 2.75) is 13.5 Å². The van der Waals surface area contributed by atoms with Gasteiger partial charge in [0.05, 0.1) is 11.3 Å². The number of rotatable bonds is 2. The molecule has 0 aliphatic heterocycles. The van der Waals surface area contributed by atoms with Crippen LogP contribution in [0.1, 0.15) is 11.4 Å². The van der Waals surface area contributed by atoms with Crippen molar-refractivity contribution in [3.63, 3.8) is 0 Å². The Kier molecular flexibility index (Phi) is 2.75. The molecular weight excluding hydrogens is 205 g/mol. The van der Waals surface area contributed by atoms with E-state index in [1.807, 2.05) is 18.5 Å². The fraction of sp³-hybridized carbons (Fsp3) is 0.250. The summed E-state index contributed by atoms with van der Waals surface area (Å²) in [5.41, 5.74) is 7.87. The highest BCUT2D eigenvalue weighted by Crippen LogP contribution is 2.23. The van der Waals surface area contributed by atoms with Crippen molar-refractivity contribution in [2.24, 2.45) is 12.8 Å². The first-order valence-corrected chi connectivity index (χ1v) is 5.12. The van der Waals surface area contributed by atoms with Crippen LogP contribution in [-0.4, -0.2) is 9.55 Å². The average Bonchev–Trinajstić information content (AvgIpc) is 2.57. The van der Waals surface area contributed by atoms with Gasteiger partial charge in [-0.2, -0.15) is 0 Å². The molecule has 0 bridgehead atoms. The Morgan fingerprint density at radius 1 is 1.38 bits per heavy atom. The van der Waals surface area contributed by atoms with Crippen LogP contribution in [0, 0.1) is 12.7 Å². The van der Waals surface area contributed by atoms with E-state index in [1.165, 1.54) is 6.07 Å². The number of nitrogens with zero attached hydrogens (tertiary/aromatic N) is 2. The first-order chi connectivity index (χ1) is 7.65. The average molecular weight is 219 g/mol. The van der Waals surface area contributed by atoms with E-state index in [4.69, 9.17) is 5.73 Å². The monoisotopic (exact) mass is 219 g/mol. The molecule has 0 aliphatic rings. The third kappa shape index (κ3) is 1.61. The summed E-state index contributed by atoms with van der Waals surface area (Å²) in [5.74, 6) is 0.357. The van der Waals surface area contributed by atoms with E-state index in [-0.39, 0.29) is 5.82 Å². The van der Waals surface area contributed by atoms with E-state index >= 15 is 0 Å². The summed E-state index contributed by atoms with van der Waals surface area (Å²) in [7, 11) is 1.86. The molecular formula is C12H14FN3. The number of aromatic nitrogens is 2. The van der Waals surface area contributed by atoms with Gasteiger partial charge in [-0.15, -0.1) is 0 Å². The molecule has 84 valence electrons. The molecule has 1 aromatic carbocycles. The van der Waals surface area contributed by atoms with Gasteiger partial charge in [0.1, 0.15) is 11.6 Å². The molecule has 2 aromatic rings. The Hall–Kier alpha value is -1.68. The minimum absolute atomic E-state index is 0.265. The molecule has 0 amide bonds. The highest BCUT2D eigenvalue weighted by atomic mass is 19.1. The highest BCUT2D eigenvalue weighted by molar-refractivity contribution is 5.57. The second-order valence-corrected chi connectivity index (χ2v) is 3.71. The topological polar surface area (TPSA) is 43.8 Å². The Morgan fingerprint density at radius 2 is 2.06 bits per heavy atom. The number of imidazole rings is 1. The molecule has 2 rings (SSSR count). The fourth-order valence-electron chi connectivity index (χ4n) is 1.71. The van der Waals surface area contributed by atoms with Crippen LogP contribution >= 0.6 is 0 Å². The van der Waals surface area contributed by atoms with E-state index in [1.54, 1.807) is 18.2 Å². The first kappa shape index (κ1) is 10.8. The van der Waals surface area contributed by atoms with Gasteiger partial charge in [-0.1, -0.05) is 12.1 Å². The standard InChI is InChI=1S/C12H14FN3/c1-8-11(7-14)15-12(16(8)2)9-5-3-4-6-10(9)13/h3-6H,7,14H2,1-2H3. The number of hydrogen-bond acceptors (Lipinski definition) is 2. The van der Waals surface area contributed by atoms with E-state index in [9.17, 15) is 4.39 Å². The normalized spacial score (nSPS) is 10.8. The molecule has 0 spiro atoms. The van der Waals surface area contributed by atoms with Gasteiger partial charge in [0.25, 0.3) is 0 Å². The lowest BCUT2D eigenvalue weighted by Crippen LogP contribution is -1.99. The second-order valence-electron chi connectivity index (χ2n) is 3.71. The summed E-state index contributed by atoms with van der Waals surface area (Å²) in [6.45, 7) is 2.30. The molecule has 0 fully saturated rings. The van der Waals surface area contributed by atoms with Crippen molar-refractivity contribution in [3.05, 3.63) is 41.5 Å². The van der Waals surface area contributed by atoms with E-state index < -0.39 is 0 Å². The maximum Gasteiger partial charge on any atom is 0.143 e. The van der Waals surface area contributed by atoms with Crippen molar-refractivity contribution >= 4 is 0 Å². The maximum absolute atomic E-state index is 13.6. The summed E-state index contributed by atoms with van der Waals surface area (Å²) in [6, 6.07) is 6.61. The molecule has 16 heavy (non-hydrogen) atoms. The zero-order chi connectivity index (χ0) is 11.7. The highest BCUT2D eigenvalue weighted by Gasteiger charge is 2.14. The van der Waals surface area contributed by atoms with Crippen molar-refractivity contribution < 1.29 is 4.39 Å². The zero-order valence-electron chi connectivity index (χ0n) is 9.37. The lowest BCUT2D eigenvalue weighted by molar-refractivity contribution is 0.628. The summed E-state index contributed by atoms with van der Waals surface area (Å²) in [6.07, 6.45) is 0.